The van der Waals surface area contributed by atoms with Crippen molar-refractivity contribution in [3.8, 4) is 0 Å². The lowest BCUT2D eigenvalue weighted by atomic mass is 10.2. The Morgan fingerprint density at radius 1 is 1.16 bits per heavy atom. The first-order valence-corrected chi connectivity index (χ1v) is 7.44. The summed E-state index contributed by atoms with van der Waals surface area (Å²) in [7, 11) is 3.66. The zero-order valence-electron chi connectivity index (χ0n) is 13.6. The predicted octanol–water partition coefficient (Wildman–Crippen LogP) is 3.07. The van der Waals surface area contributed by atoms with E-state index in [-0.39, 0.29) is 5.69 Å². The number of anilines is 1. The van der Waals surface area contributed by atoms with E-state index >= 15 is 0 Å². The van der Waals surface area contributed by atoms with Crippen LogP contribution in [0, 0.1) is 17.5 Å². The van der Waals surface area contributed by atoms with Gasteiger partial charge in [0.2, 0.25) is 0 Å². The molecule has 3 rings (SSSR count). The van der Waals surface area contributed by atoms with Gasteiger partial charge in [0.15, 0.2) is 23.1 Å². The molecule has 0 spiro atoms. The highest BCUT2D eigenvalue weighted by atomic mass is 19.2. The number of halogens is 3. The van der Waals surface area contributed by atoms with Gasteiger partial charge in [0.1, 0.15) is 5.65 Å². The van der Waals surface area contributed by atoms with Crippen LogP contribution in [0.4, 0.5) is 18.9 Å². The summed E-state index contributed by atoms with van der Waals surface area (Å²) >= 11 is 0. The number of rotatable bonds is 4. The number of aromatic nitrogens is 2. The average Bonchev–Trinajstić information content (AvgIpc) is 2.94. The van der Waals surface area contributed by atoms with E-state index in [0.29, 0.717) is 17.9 Å². The molecule has 0 atom stereocenters. The summed E-state index contributed by atoms with van der Waals surface area (Å²) in [5.74, 6) is -5.12. The SMILES string of the molecule is CN(C)Cc1c(C(=O)Nc2ccc(F)c(F)c2F)nc2ccccn12. The first kappa shape index (κ1) is 17.0. The van der Waals surface area contributed by atoms with Gasteiger partial charge in [0.05, 0.1) is 11.4 Å². The van der Waals surface area contributed by atoms with Crippen molar-refractivity contribution < 1.29 is 18.0 Å². The molecule has 0 unspecified atom stereocenters. The molecule has 3 aromatic rings. The molecular weight excluding hydrogens is 333 g/mol. The van der Waals surface area contributed by atoms with E-state index in [4.69, 9.17) is 0 Å². The molecule has 0 saturated heterocycles. The van der Waals surface area contributed by atoms with E-state index in [1.807, 2.05) is 19.0 Å². The maximum atomic E-state index is 13.8. The fourth-order valence-corrected chi connectivity index (χ4v) is 2.48. The fraction of sp³-hybridized carbons (Fsp3) is 0.176. The zero-order chi connectivity index (χ0) is 18.1. The van der Waals surface area contributed by atoms with Gasteiger partial charge in [-0.15, -0.1) is 0 Å². The third kappa shape index (κ3) is 3.20. The molecule has 1 amide bonds. The summed E-state index contributed by atoms with van der Waals surface area (Å²) in [6.45, 7) is 0.411. The molecule has 2 heterocycles. The lowest BCUT2D eigenvalue weighted by molar-refractivity contribution is 0.102. The second-order valence-corrected chi connectivity index (χ2v) is 5.75. The van der Waals surface area contributed by atoms with Gasteiger partial charge in [-0.25, -0.2) is 18.2 Å². The van der Waals surface area contributed by atoms with E-state index in [1.54, 1.807) is 28.8 Å². The Labute approximate surface area is 141 Å². The van der Waals surface area contributed by atoms with Crippen molar-refractivity contribution in [2.75, 3.05) is 19.4 Å². The molecule has 0 radical (unpaired) electrons. The molecule has 2 aromatic heterocycles. The van der Waals surface area contributed by atoms with Gasteiger partial charge in [-0.2, -0.15) is 0 Å². The Morgan fingerprint density at radius 3 is 2.64 bits per heavy atom. The Kier molecular flexibility index (Phi) is 4.45. The van der Waals surface area contributed by atoms with Crippen molar-refractivity contribution in [3.63, 3.8) is 0 Å². The Balaban J connectivity index is 2.01. The summed E-state index contributed by atoms with van der Waals surface area (Å²) in [4.78, 5) is 18.7. The van der Waals surface area contributed by atoms with Crippen LogP contribution >= 0.6 is 0 Å². The fourth-order valence-electron chi connectivity index (χ4n) is 2.48. The monoisotopic (exact) mass is 348 g/mol. The van der Waals surface area contributed by atoms with Crippen molar-refractivity contribution in [2.45, 2.75) is 6.54 Å². The molecule has 1 aromatic carbocycles. The van der Waals surface area contributed by atoms with E-state index < -0.39 is 29.0 Å². The maximum absolute atomic E-state index is 13.8. The van der Waals surface area contributed by atoms with Crippen LogP contribution in [0.3, 0.4) is 0 Å². The molecule has 0 aliphatic carbocycles. The number of amides is 1. The first-order valence-electron chi connectivity index (χ1n) is 7.44. The summed E-state index contributed by atoms with van der Waals surface area (Å²) in [6, 6.07) is 7.02. The van der Waals surface area contributed by atoms with Crippen LogP contribution in [0.2, 0.25) is 0 Å². The first-order chi connectivity index (χ1) is 11.9. The number of carbonyl (C=O) groups is 1. The standard InChI is InChI=1S/C17H15F3N4O/c1-23(2)9-12-16(22-13-5-3-4-8-24(12)13)17(25)21-11-7-6-10(18)14(19)15(11)20/h3-8H,9H2,1-2H3,(H,21,25). The van der Waals surface area contributed by atoms with Crippen molar-refractivity contribution in [3.05, 3.63) is 65.4 Å². The Bertz CT molecular complexity index is 952. The number of hydrogen-bond donors (Lipinski definition) is 1. The highest BCUT2D eigenvalue weighted by Crippen LogP contribution is 2.21. The lowest BCUT2D eigenvalue weighted by Gasteiger charge is -2.11. The largest absolute Gasteiger partial charge is 0.318 e. The molecule has 0 saturated carbocycles. The summed E-state index contributed by atoms with van der Waals surface area (Å²) in [6.07, 6.45) is 1.76. The van der Waals surface area contributed by atoms with Crippen LogP contribution < -0.4 is 5.32 Å². The van der Waals surface area contributed by atoms with Gasteiger partial charge in [-0.05, 0) is 38.4 Å². The zero-order valence-corrected chi connectivity index (χ0v) is 13.6. The van der Waals surface area contributed by atoms with Gasteiger partial charge in [0.25, 0.3) is 5.91 Å². The average molecular weight is 348 g/mol. The van der Waals surface area contributed by atoms with Crippen molar-refractivity contribution in [1.29, 1.82) is 0 Å². The van der Waals surface area contributed by atoms with E-state index in [9.17, 15) is 18.0 Å². The molecule has 1 N–H and O–H groups in total. The van der Waals surface area contributed by atoms with Crippen LogP contribution in [0.15, 0.2) is 36.5 Å². The number of imidazole rings is 1. The van der Waals surface area contributed by atoms with Gasteiger partial charge in [0, 0.05) is 12.7 Å². The summed E-state index contributed by atoms with van der Waals surface area (Å²) in [5, 5.41) is 2.25. The molecule has 130 valence electrons. The van der Waals surface area contributed by atoms with Crippen LogP contribution in [-0.4, -0.2) is 34.3 Å². The lowest BCUT2D eigenvalue weighted by Crippen LogP contribution is -2.20. The molecule has 0 bridgehead atoms. The third-order valence-corrected chi connectivity index (χ3v) is 3.59. The van der Waals surface area contributed by atoms with Crippen molar-refractivity contribution >= 4 is 17.2 Å². The molecule has 0 aliphatic rings. The smallest absolute Gasteiger partial charge is 0.276 e. The normalized spacial score (nSPS) is 11.3. The van der Waals surface area contributed by atoms with Crippen LogP contribution in [0.1, 0.15) is 16.2 Å². The number of nitrogens with zero attached hydrogens (tertiary/aromatic N) is 3. The molecule has 0 fully saturated rings. The highest BCUT2D eigenvalue weighted by Gasteiger charge is 2.22. The van der Waals surface area contributed by atoms with E-state index in [1.165, 1.54) is 0 Å². The summed E-state index contributed by atoms with van der Waals surface area (Å²) < 4.78 is 41.9. The number of pyridine rings is 1. The minimum Gasteiger partial charge on any atom is -0.318 e. The van der Waals surface area contributed by atoms with E-state index in [2.05, 4.69) is 10.3 Å². The number of benzene rings is 1. The van der Waals surface area contributed by atoms with Crippen LogP contribution in [0.25, 0.3) is 5.65 Å². The number of carbonyl (C=O) groups excluding carboxylic acids is 1. The van der Waals surface area contributed by atoms with Crippen LogP contribution in [-0.2, 0) is 6.54 Å². The number of fused-ring (bicyclic) bond motifs is 1. The minimum atomic E-state index is -1.64. The molecule has 0 aliphatic heterocycles. The van der Waals surface area contributed by atoms with E-state index in [0.717, 1.165) is 12.1 Å². The highest BCUT2D eigenvalue weighted by molar-refractivity contribution is 6.04. The molecule has 8 heteroatoms. The Hall–Kier alpha value is -2.87. The maximum Gasteiger partial charge on any atom is 0.276 e. The molecule has 5 nitrogen and oxygen atoms in total. The minimum absolute atomic E-state index is 0.0871. The second kappa shape index (κ2) is 6.56. The van der Waals surface area contributed by atoms with Crippen LogP contribution in [0.5, 0.6) is 0 Å². The number of hydrogen-bond acceptors (Lipinski definition) is 3. The second-order valence-electron chi connectivity index (χ2n) is 5.75. The predicted molar refractivity (Wildman–Crippen MR) is 86.9 cm³/mol. The molecular formula is C17H15F3N4O. The van der Waals surface area contributed by atoms with Gasteiger partial charge >= 0.3 is 0 Å². The Morgan fingerprint density at radius 2 is 1.92 bits per heavy atom. The third-order valence-electron chi connectivity index (χ3n) is 3.59. The van der Waals surface area contributed by atoms with Gasteiger partial charge in [-0.1, -0.05) is 6.07 Å². The van der Waals surface area contributed by atoms with Crippen molar-refractivity contribution in [2.24, 2.45) is 0 Å². The topological polar surface area (TPSA) is 49.6 Å². The van der Waals surface area contributed by atoms with Gasteiger partial charge in [-0.3, -0.25) is 4.79 Å². The van der Waals surface area contributed by atoms with Gasteiger partial charge < -0.3 is 14.6 Å². The molecule has 25 heavy (non-hydrogen) atoms. The number of nitrogens with one attached hydrogen (secondary N) is 1. The van der Waals surface area contributed by atoms with Crippen molar-refractivity contribution in [1.82, 2.24) is 14.3 Å². The quantitative estimate of drug-likeness (QED) is 0.737. The summed E-state index contributed by atoms with van der Waals surface area (Å²) in [5.41, 5.74) is 0.789.